The minimum Gasteiger partial charge on any atom is -0.388 e. The molecule has 0 aliphatic rings. The van der Waals surface area contributed by atoms with Crippen LogP contribution in [0.1, 0.15) is 56.4 Å². The van der Waals surface area contributed by atoms with Gasteiger partial charge in [-0.1, -0.05) is 39.0 Å². The normalized spacial score (nSPS) is 13.2. The van der Waals surface area contributed by atoms with Gasteiger partial charge in [0.25, 0.3) is 0 Å². The summed E-state index contributed by atoms with van der Waals surface area (Å²) < 4.78 is 0. The largest absolute Gasteiger partial charge is 0.388 e. The Bertz CT molecular complexity index is 447. The summed E-state index contributed by atoms with van der Waals surface area (Å²) in [6.07, 6.45) is 0.213. The molecule has 3 nitrogen and oxygen atoms in total. The topological polar surface area (TPSA) is 49.3 Å². The highest BCUT2D eigenvalue weighted by Crippen LogP contribution is 2.29. The van der Waals surface area contributed by atoms with Gasteiger partial charge in [-0.05, 0) is 35.4 Å². The minimum atomic E-state index is -0.584. The Hall–Kier alpha value is -1.35. The number of hydrogen-bond acceptors (Lipinski definition) is 2. The van der Waals surface area contributed by atoms with Crippen LogP contribution in [0.3, 0.4) is 0 Å². The van der Waals surface area contributed by atoms with E-state index in [1.807, 2.05) is 13.0 Å². The highest BCUT2D eigenvalue weighted by Gasteiger charge is 2.18. The van der Waals surface area contributed by atoms with Gasteiger partial charge in [0.1, 0.15) is 0 Å². The van der Waals surface area contributed by atoms with Crippen molar-refractivity contribution < 1.29 is 9.90 Å². The maximum absolute atomic E-state index is 11.2. The van der Waals surface area contributed by atoms with Gasteiger partial charge in [0.15, 0.2) is 0 Å². The molecule has 3 heteroatoms. The lowest BCUT2D eigenvalue weighted by Gasteiger charge is -2.22. The average molecular weight is 263 g/mol. The number of amides is 1. The van der Waals surface area contributed by atoms with Crippen molar-refractivity contribution in [3.05, 3.63) is 34.9 Å². The quantitative estimate of drug-likeness (QED) is 0.877. The van der Waals surface area contributed by atoms with Crippen molar-refractivity contribution >= 4 is 5.91 Å². The van der Waals surface area contributed by atoms with Crippen LogP contribution in [0.15, 0.2) is 18.2 Å². The monoisotopic (exact) mass is 263 g/mol. The zero-order valence-electron chi connectivity index (χ0n) is 12.6. The second-order valence-corrected chi connectivity index (χ2v) is 6.05. The maximum Gasteiger partial charge on any atom is 0.219 e. The van der Waals surface area contributed by atoms with Gasteiger partial charge in [-0.2, -0.15) is 0 Å². The van der Waals surface area contributed by atoms with Crippen LogP contribution in [-0.2, 0) is 10.2 Å². The molecule has 106 valence electrons. The molecule has 1 rings (SSSR count). The van der Waals surface area contributed by atoms with E-state index in [4.69, 9.17) is 0 Å². The first-order valence-corrected chi connectivity index (χ1v) is 6.75. The lowest BCUT2D eigenvalue weighted by atomic mass is 9.84. The molecule has 1 unspecified atom stereocenters. The Morgan fingerprint density at radius 1 is 1.37 bits per heavy atom. The second-order valence-electron chi connectivity index (χ2n) is 6.05. The summed E-state index contributed by atoms with van der Waals surface area (Å²) in [5.74, 6) is -0.0383. The van der Waals surface area contributed by atoms with Crippen molar-refractivity contribution in [3.8, 4) is 0 Å². The zero-order valence-corrected chi connectivity index (χ0v) is 12.6. The minimum absolute atomic E-state index is 0.0383. The van der Waals surface area contributed by atoms with E-state index < -0.39 is 6.10 Å². The molecule has 0 spiro atoms. The van der Waals surface area contributed by atoms with Crippen molar-refractivity contribution in [2.45, 2.75) is 52.1 Å². The third-order valence-electron chi connectivity index (χ3n) is 3.43. The van der Waals surface area contributed by atoms with Gasteiger partial charge in [0.2, 0.25) is 5.91 Å². The van der Waals surface area contributed by atoms with E-state index in [1.54, 1.807) is 7.05 Å². The van der Waals surface area contributed by atoms with Crippen molar-refractivity contribution in [1.82, 2.24) is 5.32 Å². The summed E-state index contributed by atoms with van der Waals surface area (Å²) >= 11 is 0. The van der Waals surface area contributed by atoms with Crippen LogP contribution >= 0.6 is 0 Å². The fourth-order valence-electron chi connectivity index (χ4n) is 2.01. The molecule has 19 heavy (non-hydrogen) atoms. The van der Waals surface area contributed by atoms with Crippen LogP contribution in [0.25, 0.3) is 0 Å². The van der Waals surface area contributed by atoms with Gasteiger partial charge in [0, 0.05) is 13.5 Å². The first-order chi connectivity index (χ1) is 8.75. The number of aliphatic hydroxyl groups is 1. The van der Waals surface area contributed by atoms with Gasteiger partial charge in [-0.25, -0.2) is 0 Å². The first-order valence-electron chi connectivity index (χ1n) is 6.75. The Labute approximate surface area is 116 Å². The van der Waals surface area contributed by atoms with Gasteiger partial charge in [-0.15, -0.1) is 0 Å². The molecule has 1 atom stereocenters. The summed E-state index contributed by atoms with van der Waals surface area (Å²) in [5.41, 5.74) is 3.25. The highest BCUT2D eigenvalue weighted by molar-refractivity contribution is 5.75. The smallest absolute Gasteiger partial charge is 0.219 e. The number of benzene rings is 1. The molecule has 1 aromatic carbocycles. The van der Waals surface area contributed by atoms with E-state index in [0.29, 0.717) is 12.8 Å². The fourth-order valence-corrected chi connectivity index (χ4v) is 2.01. The number of hydrogen-bond donors (Lipinski definition) is 2. The molecule has 0 bridgehead atoms. The first kappa shape index (κ1) is 15.7. The molecule has 0 saturated heterocycles. The molecule has 1 aromatic rings. The number of carbonyl (C=O) groups excluding carboxylic acids is 1. The van der Waals surface area contributed by atoms with Crippen molar-refractivity contribution in [1.29, 1.82) is 0 Å². The summed E-state index contributed by atoms with van der Waals surface area (Å²) in [6, 6.07) is 6.20. The third-order valence-corrected chi connectivity index (χ3v) is 3.43. The van der Waals surface area contributed by atoms with Gasteiger partial charge < -0.3 is 10.4 Å². The van der Waals surface area contributed by atoms with Crippen LogP contribution < -0.4 is 5.32 Å². The van der Waals surface area contributed by atoms with Gasteiger partial charge in [0.05, 0.1) is 6.10 Å². The Morgan fingerprint density at radius 3 is 2.53 bits per heavy atom. The Balaban J connectivity index is 2.89. The number of aliphatic hydroxyl groups excluding tert-OH is 1. The summed E-state index contributed by atoms with van der Waals surface area (Å²) in [5, 5.41) is 12.8. The van der Waals surface area contributed by atoms with Crippen molar-refractivity contribution in [2.24, 2.45) is 0 Å². The van der Waals surface area contributed by atoms with E-state index >= 15 is 0 Å². The van der Waals surface area contributed by atoms with Gasteiger partial charge in [-0.3, -0.25) is 4.79 Å². The average Bonchev–Trinajstić information content (AvgIpc) is 2.34. The lowest BCUT2D eigenvalue weighted by Crippen LogP contribution is -2.18. The van der Waals surface area contributed by atoms with Crippen LogP contribution in [0, 0.1) is 6.92 Å². The van der Waals surface area contributed by atoms with E-state index in [9.17, 15) is 9.90 Å². The molecule has 0 aromatic heterocycles. The molecule has 0 fully saturated rings. The SMILES string of the molecule is CNC(=O)CCC(O)c1cc(C(C)(C)C)ccc1C. The lowest BCUT2D eigenvalue weighted by molar-refractivity contribution is -0.121. The number of carbonyl (C=O) groups is 1. The second kappa shape index (κ2) is 6.20. The molecular formula is C16H25NO2. The van der Waals surface area contributed by atoms with E-state index in [0.717, 1.165) is 11.1 Å². The third kappa shape index (κ3) is 4.35. The molecule has 0 saturated carbocycles. The molecule has 0 aliphatic carbocycles. The number of aryl methyl sites for hydroxylation is 1. The van der Waals surface area contributed by atoms with E-state index in [2.05, 4.69) is 38.2 Å². The van der Waals surface area contributed by atoms with Gasteiger partial charge >= 0.3 is 0 Å². The Morgan fingerprint density at radius 2 is 2.00 bits per heavy atom. The fraction of sp³-hybridized carbons (Fsp3) is 0.562. The van der Waals surface area contributed by atoms with E-state index in [-0.39, 0.29) is 11.3 Å². The molecule has 1 amide bonds. The molecule has 0 radical (unpaired) electrons. The van der Waals surface area contributed by atoms with Crippen LogP contribution in [0.4, 0.5) is 0 Å². The summed E-state index contributed by atoms with van der Waals surface area (Å²) in [4.78, 5) is 11.2. The predicted octanol–water partition coefficient (Wildman–Crippen LogP) is 2.85. The number of rotatable bonds is 4. The van der Waals surface area contributed by atoms with E-state index in [1.165, 1.54) is 5.56 Å². The molecular weight excluding hydrogens is 238 g/mol. The summed E-state index contributed by atoms with van der Waals surface area (Å²) in [7, 11) is 1.61. The standard InChI is InChI=1S/C16H25NO2/c1-11-6-7-12(16(2,3)4)10-13(11)14(18)8-9-15(19)17-5/h6-7,10,14,18H,8-9H2,1-5H3,(H,17,19). The van der Waals surface area contributed by atoms with Crippen molar-refractivity contribution in [2.75, 3.05) is 7.05 Å². The Kier molecular flexibility index (Phi) is 5.12. The predicted molar refractivity (Wildman–Crippen MR) is 78.1 cm³/mol. The highest BCUT2D eigenvalue weighted by atomic mass is 16.3. The van der Waals surface area contributed by atoms with Crippen LogP contribution in [0.5, 0.6) is 0 Å². The number of nitrogens with one attached hydrogen (secondary N) is 1. The summed E-state index contributed by atoms with van der Waals surface area (Å²) in [6.45, 7) is 8.44. The van der Waals surface area contributed by atoms with Crippen LogP contribution in [-0.4, -0.2) is 18.1 Å². The van der Waals surface area contributed by atoms with Crippen molar-refractivity contribution in [3.63, 3.8) is 0 Å². The molecule has 0 heterocycles. The van der Waals surface area contributed by atoms with Crippen LogP contribution in [0.2, 0.25) is 0 Å². The zero-order chi connectivity index (χ0) is 14.6. The molecule has 0 aliphatic heterocycles. The molecule has 2 N–H and O–H groups in total. The maximum atomic E-state index is 11.2.